The number of rotatable bonds is 6. The number of thioether (sulfide) groups is 2. The Balaban J connectivity index is 1.83. The van der Waals surface area contributed by atoms with Crippen LogP contribution in [0.4, 0.5) is 10.5 Å². The minimum atomic E-state index is -0.548. The van der Waals surface area contributed by atoms with Crippen LogP contribution < -0.4 is 10.6 Å². The summed E-state index contributed by atoms with van der Waals surface area (Å²) in [5.74, 6) is 0.554. The Labute approximate surface area is 146 Å². The molecule has 1 atom stereocenters. The molecular formula is C14H16N4O2S3. The third kappa shape index (κ3) is 5.85. The first kappa shape index (κ1) is 17.8. The molecule has 0 radical (unpaired) electrons. The number of carbonyl (C=O) groups excluding carboxylic acids is 2. The number of imide groups is 1. The second kappa shape index (κ2) is 8.90. The SMILES string of the molecule is CCSc1nnc(SC(C)C(=O)NC(=O)Nc2ccccc2)s1. The zero-order valence-electron chi connectivity index (χ0n) is 12.6. The van der Waals surface area contributed by atoms with Gasteiger partial charge < -0.3 is 5.32 Å². The van der Waals surface area contributed by atoms with E-state index in [0.29, 0.717) is 10.0 Å². The van der Waals surface area contributed by atoms with Gasteiger partial charge in [0.2, 0.25) is 5.91 Å². The van der Waals surface area contributed by atoms with Gasteiger partial charge in [-0.3, -0.25) is 10.1 Å². The van der Waals surface area contributed by atoms with Crippen molar-refractivity contribution in [2.75, 3.05) is 11.1 Å². The van der Waals surface area contributed by atoms with E-state index in [1.165, 1.54) is 23.1 Å². The van der Waals surface area contributed by atoms with E-state index in [1.54, 1.807) is 43.0 Å². The molecule has 3 amide bonds. The first-order chi connectivity index (χ1) is 11.1. The normalized spacial score (nSPS) is 11.7. The van der Waals surface area contributed by atoms with Crippen molar-refractivity contribution in [2.24, 2.45) is 0 Å². The van der Waals surface area contributed by atoms with Crippen LogP contribution in [0.1, 0.15) is 13.8 Å². The van der Waals surface area contributed by atoms with E-state index in [4.69, 9.17) is 0 Å². The number of urea groups is 1. The van der Waals surface area contributed by atoms with Crippen LogP contribution in [0.2, 0.25) is 0 Å². The molecule has 2 rings (SSSR count). The molecule has 0 aliphatic carbocycles. The highest BCUT2D eigenvalue weighted by atomic mass is 32.2. The first-order valence-electron chi connectivity index (χ1n) is 6.88. The third-order valence-corrected chi connectivity index (χ3v) is 5.69. The Kier molecular flexibility index (Phi) is 6.87. The topological polar surface area (TPSA) is 84.0 Å². The smallest absolute Gasteiger partial charge is 0.308 e. The molecule has 122 valence electrons. The van der Waals surface area contributed by atoms with E-state index < -0.39 is 11.3 Å². The number of amides is 3. The van der Waals surface area contributed by atoms with Crippen LogP contribution in [0.25, 0.3) is 0 Å². The Morgan fingerprint density at radius 3 is 2.61 bits per heavy atom. The van der Waals surface area contributed by atoms with Gasteiger partial charge in [0, 0.05) is 5.69 Å². The van der Waals surface area contributed by atoms with E-state index >= 15 is 0 Å². The number of para-hydroxylation sites is 1. The molecular weight excluding hydrogens is 352 g/mol. The van der Waals surface area contributed by atoms with Gasteiger partial charge in [-0.1, -0.05) is 60.0 Å². The van der Waals surface area contributed by atoms with Crippen molar-refractivity contribution in [1.82, 2.24) is 15.5 Å². The quantitative estimate of drug-likeness (QED) is 0.760. The van der Waals surface area contributed by atoms with E-state index in [0.717, 1.165) is 10.1 Å². The number of nitrogens with zero attached hydrogens (tertiary/aromatic N) is 2. The highest BCUT2D eigenvalue weighted by Crippen LogP contribution is 2.30. The van der Waals surface area contributed by atoms with Crippen molar-refractivity contribution in [3.63, 3.8) is 0 Å². The van der Waals surface area contributed by atoms with E-state index in [1.807, 2.05) is 13.0 Å². The lowest BCUT2D eigenvalue weighted by Crippen LogP contribution is -2.38. The van der Waals surface area contributed by atoms with Crippen LogP contribution in [0.15, 0.2) is 39.0 Å². The lowest BCUT2D eigenvalue weighted by molar-refractivity contribution is -0.119. The van der Waals surface area contributed by atoms with Crippen molar-refractivity contribution in [1.29, 1.82) is 0 Å². The van der Waals surface area contributed by atoms with Gasteiger partial charge in [0.25, 0.3) is 0 Å². The molecule has 6 nitrogen and oxygen atoms in total. The summed E-state index contributed by atoms with van der Waals surface area (Å²) in [6.07, 6.45) is 0. The Morgan fingerprint density at radius 2 is 1.91 bits per heavy atom. The number of hydrogen-bond donors (Lipinski definition) is 2. The van der Waals surface area contributed by atoms with Gasteiger partial charge in [-0.15, -0.1) is 10.2 Å². The highest BCUT2D eigenvalue weighted by Gasteiger charge is 2.19. The monoisotopic (exact) mass is 368 g/mol. The standard InChI is InChI=1S/C14H16N4O2S3/c1-3-21-13-17-18-14(23-13)22-9(2)11(19)16-12(20)15-10-7-5-4-6-8-10/h4-9H,3H2,1-2H3,(H2,15,16,19,20). The van der Waals surface area contributed by atoms with Crippen LogP contribution in [0.5, 0.6) is 0 Å². The molecule has 0 saturated carbocycles. The summed E-state index contributed by atoms with van der Waals surface area (Å²) in [6, 6.07) is 8.40. The molecule has 0 fully saturated rings. The van der Waals surface area contributed by atoms with Gasteiger partial charge in [0.15, 0.2) is 8.68 Å². The fraction of sp³-hybridized carbons (Fsp3) is 0.286. The number of anilines is 1. The maximum absolute atomic E-state index is 12.0. The number of carbonyl (C=O) groups is 2. The second-order valence-electron chi connectivity index (χ2n) is 4.34. The van der Waals surface area contributed by atoms with Gasteiger partial charge in [0.05, 0.1) is 5.25 Å². The molecule has 0 spiro atoms. The largest absolute Gasteiger partial charge is 0.325 e. The van der Waals surface area contributed by atoms with Crippen molar-refractivity contribution < 1.29 is 9.59 Å². The first-order valence-corrected chi connectivity index (χ1v) is 9.56. The average Bonchev–Trinajstić information content (AvgIpc) is 2.95. The van der Waals surface area contributed by atoms with Crippen molar-refractivity contribution in [3.8, 4) is 0 Å². The van der Waals surface area contributed by atoms with E-state index in [9.17, 15) is 9.59 Å². The van der Waals surface area contributed by atoms with Crippen LogP contribution in [0.3, 0.4) is 0 Å². The predicted octanol–water partition coefficient (Wildman–Crippen LogP) is 3.48. The Hall–Kier alpha value is -1.58. The van der Waals surface area contributed by atoms with Crippen molar-refractivity contribution in [2.45, 2.75) is 27.8 Å². The third-order valence-electron chi connectivity index (χ3n) is 2.57. The zero-order chi connectivity index (χ0) is 16.7. The molecule has 2 N–H and O–H groups in total. The molecule has 1 aromatic heterocycles. The Morgan fingerprint density at radius 1 is 1.22 bits per heavy atom. The van der Waals surface area contributed by atoms with E-state index in [-0.39, 0.29) is 5.91 Å². The molecule has 0 aliphatic rings. The summed E-state index contributed by atoms with van der Waals surface area (Å²) in [7, 11) is 0. The summed E-state index contributed by atoms with van der Waals surface area (Å²) in [5, 5.41) is 12.6. The lowest BCUT2D eigenvalue weighted by atomic mass is 10.3. The van der Waals surface area contributed by atoms with Gasteiger partial charge in [-0.05, 0) is 24.8 Å². The molecule has 0 bridgehead atoms. The second-order valence-corrected chi connectivity index (χ2v) is 8.41. The van der Waals surface area contributed by atoms with Gasteiger partial charge in [-0.25, -0.2) is 4.79 Å². The number of nitrogens with one attached hydrogen (secondary N) is 2. The maximum Gasteiger partial charge on any atom is 0.325 e. The van der Waals surface area contributed by atoms with Crippen LogP contribution >= 0.6 is 34.9 Å². The lowest BCUT2D eigenvalue weighted by Gasteiger charge is -2.10. The molecule has 0 saturated heterocycles. The molecule has 1 unspecified atom stereocenters. The predicted molar refractivity (Wildman–Crippen MR) is 95.2 cm³/mol. The van der Waals surface area contributed by atoms with Crippen LogP contribution in [-0.2, 0) is 4.79 Å². The number of aromatic nitrogens is 2. The Bertz CT molecular complexity index is 663. The van der Waals surface area contributed by atoms with Gasteiger partial charge in [0.1, 0.15) is 0 Å². The minimum Gasteiger partial charge on any atom is -0.308 e. The molecule has 0 aliphatic heterocycles. The maximum atomic E-state index is 12.0. The van der Waals surface area contributed by atoms with E-state index in [2.05, 4.69) is 20.8 Å². The molecule has 23 heavy (non-hydrogen) atoms. The molecule has 1 heterocycles. The molecule has 1 aromatic carbocycles. The minimum absolute atomic E-state index is 0.372. The van der Waals surface area contributed by atoms with Gasteiger partial charge >= 0.3 is 6.03 Å². The fourth-order valence-electron chi connectivity index (χ4n) is 1.53. The summed E-state index contributed by atoms with van der Waals surface area (Å²) >= 11 is 4.34. The fourth-order valence-corrected chi connectivity index (χ4v) is 4.59. The molecule has 9 heteroatoms. The van der Waals surface area contributed by atoms with Crippen molar-refractivity contribution >= 4 is 52.5 Å². The van der Waals surface area contributed by atoms with Gasteiger partial charge in [-0.2, -0.15) is 0 Å². The van der Waals surface area contributed by atoms with Crippen LogP contribution in [-0.4, -0.2) is 33.1 Å². The summed E-state index contributed by atoms with van der Waals surface area (Å²) in [5.41, 5.74) is 0.628. The number of hydrogen-bond acceptors (Lipinski definition) is 7. The molecule has 2 aromatic rings. The summed E-state index contributed by atoms with van der Waals surface area (Å²) in [6.45, 7) is 3.77. The highest BCUT2D eigenvalue weighted by molar-refractivity contribution is 8.03. The summed E-state index contributed by atoms with van der Waals surface area (Å²) < 4.78 is 1.59. The average molecular weight is 369 g/mol. The number of benzene rings is 1. The summed E-state index contributed by atoms with van der Waals surface area (Å²) in [4.78, 5) is 23.8. The zero-order valence-corrected chi connectivity index (χ0v) is 15.1. The van der Waals surface area contributed by atoms with Crippen molar-refractivity contribution in [3.05, 3.63) is 30.3 Å². The van der Waals surface area contributed by atoms with Crippen LogP contribution in [0, 0.1) is 0 Å².